The highest BCUT2D eigenvalue weighted by Gasteiger charge is 2.07. The van der Waals surface area contributed by atoms with Gasteiger partial charge in [0.25, 0.3) is 0 Å². The molecule has 1 heterocycles. The number of hydrogen-bond donors (Lipinski definition) is 2. The highest BCUT2D eigenvalue weighted by atomic mass is 79.9. The third kappa shape index (κ3) is 3.86. The van der Waals surface area contributed by atoms with Gasteiger partial charge < -0.3 is 10.6 Å². The summed E-state index contributed by atoms with van der Waals surface area (Å²) < 4.78 is 27.6. The summed E-state index contributed by atoms with van der Waals surface area (Å²) in [4.78, 5) is 8.33. The number of rotatable bonds is 4. The summed E-state index contributed by atoms with van der Waals surface area (Å²) in [6, 6.07) is 10.8. The Labute approximate surface area is 146 Å². The average molecular weight is 391 g/mol. The van der Waals surface area contributed by atoms with Crippen molar-refractivity contribution < 1.29 is 8.78 Å². The molecule has 0 bridgehead atoms. The number of benzene rings is 2. The van der Waals surface area contributed by atoms with Crippen LogP contribution in [-0.4, -0.2) is 9.97 Å². The van der Waals surface area contributed by atoms with Gasteiger partial charge in [0.15, 0.2) is 0 Å². The van der Waals surface area contributed by atoms with Gasteiger partial charge in [-0.2, -0.15) is 4.98 Å². The first kappa shape index (κ1) is 16.3. The van der Waals surface area contributed by atoms with Crippen LogP contribution in [0.1, 0.15) is 5.56 Å². The molecule has 0 saturated heterocycles. The van der Waals surface area contributed by atoms with Crippen molar-refractivity contribution in [2.45, 2.75) is 6.92 Å². The van der Waals surface area contributed by atoms with Gasteiger partial charge in [-0.25, -0.2) is 13.8 Å². The van der Waals surface area contributed by atoms with Gasteiger partial charge in [0, 0.05) is 22.4 Å². The molecular weight excluding hydrogens is 378 g/mol. The molecule has 0 aliphatic rings. The zero-order valence-electron chi connectivity index (χ0n) is 12.6. The Morgan fingerprint density at radius 1 is 0.958 bits per heavy atom. The third-order valence-corrected chi connectivity index (χ3v) is 3.78. The van der Waals surface area contributed by atoms with Crippen LogP contribution in [0.4, 0.5) is 31.9 Å². The molecule has 3 rings (SSSR count). The lowest BCUT2D eigenvalue weighted by Crippen LogP contribution is -2.02. The second-order valence-electron chi connectivity index (χ2n) is 5.10. The molecule has 0 saturated carbocycles. The summed E-state index contributed by atoms with van der Waals surface area (Å²) in [5.74, 6) is -0.582. The van der Waals surface area contributed by atoms with E-state index in [1.165, 1.54) is 12.1 Å². The van der Waals surface area contributed by atoms with Crippen molar-refractivity contribution in [3.63, 3.8) is 0 Å². The maximum absolute atomic E-state index is 13.7. The molecule has 3 aromatic rings. The number of nitrogens with one attached hydrogen (secondary N) is 2. The second kappa shape index (κ2) is 6.92. The van der Waals surface area contributed by atoms with Crippen molar-refractivity contribution in [2.24, 2.45) is 0 Å². The minimum atomic E-state index is -0.708. The van der Waals surface area contributed by atoms with Crippen molar-refractivity contribution >= 4 is 39.1 Å². The minimum absolute atomic E-state index is 0.105. The van der Waals surface area contributed by atoms with Crippen molar-refractivity contribution in [3.8, 4) is 0 Å². The third-order valence-electron chi connectivity index (χ3n) is 3.28. The summed E-state index contributed by atoms with van der Waals surface area (Å²) in [6.45, 7) is 1.97. The van der Waals surface area contributed by atoms with Gasteiger partial charge in [-0.1, -0.05) is 15.9 Å². The monoisotopic (exact) mass is 390 g/mol. The van der Waals surface area contributed by atoms with Crippen LogP contribution >= 0.6 is 15.9 Å². The first-order valence-electron chi connectivity index (χ1n) is 7.09. The van der Waals surface area contributed by atoms with Crippen LogP contribution in [-0.2, 0) is 0 Å². The molecule has 2 aromatic carbocycles. The first-order chi connectivity index (χ1) is 11.5. The van der Waals surface area contributed by atoms with Gasteiger partial charge in [0.05, 0.1) is 5.69 Å². The Hall–Kier alpha value is -2.54. The van der Waals surface area contributed by atoms with E-state index in [-0.39, 0.29) is 11.6 Å². The predicted molar refractivity (Wildman–Crippen MR) is 93.8 cm³/mol. The summed E-state index contributed by atoms with van der Waals surface area (Å²) in [7, 11) is 0. The molecule has 0 radical (unpaired) electrons. The maximum Gasteiger partial charge on any atom is 0.229 e. The van der Waals surface area contributed by atoms with Crippen molar-refractivity contribution in [1.82, 2.24) is 9.97 Å². The Balaban J connectivity index is 1.81. The number of halogens is 3. The quantitative estimate of drug-likeness (QED) is 0.633. The van der Waals surface area contributed by atoms with Crippen LogP contribution < -0.4 is 10.6 Å². The van der Waals surface area contributed by atoms with Gasteiger partial charge in [0.1, 0.15) is 17.5 Å². The molecule has 7 heteroatoms. The zero-order chi connectivity index (χ0) is 17.1. The standard InChI is InChI=1S/C17H13BrF2N4/c1-10-8-11(18)2-4-14(10)22-16-6-7-21-17(24-16)23-15-5-3-12(19)9-13(15)20/h2-9H,1H3,(H2,21,22,23,24). The lowest BCUT2D eigenvalue weighted by Gasteiger charge is -2.11. The van der Waals surface area contributed by atoms with Crippen molar-refractivity contribution in [3.05, 3.63) is 70.3 Å². The molecule has 122 valence electrons. The van der Waals surface area contributed by atoms with E-state index in [0.717, 1.165) is 21.8 Å². The van der Waals surface area contributed by atoms with Gasteiger partial charge >= 0.3 is 0 Å². The SMILES string of the molecule is Cc1cc(Br)ccc1Nc1ccnc(Nc2ccc(F)cc2F)n1. The van der Waals surface area contributed by atoms with E-state index >= 15 is 0 Å². The van der Waals surface area contributed by atoms with Crippen molar-refractivity contribution in [1.29, 1.82) is 0 Å². The van der Waals surface area contributed by atoms with Crippen LogP contribution in [0.5, 0.6) is 0 Å². The fourth-order valence-electron chi connectivity index (χ4n) is 2.11. The largest absolute Gasteiger partial charge is 0.340 e. The fraction of sp³-hybridized carbons (Fsp3) is 0.0588. The lowest BCUT2D eigenvalue weighted by atomic mass is 10.2. The van der Waals surface area contributed by atoms with Crippen LogP contribution in [0, 0.1) is 18.6 Å². The van der Waals surface area contributed by atoms with Gasteiger partial charge in [-0.15, -0.1) is 0 Å². The lowest BCUT2D eigenvalue weighted by molar-refractivity contribution is 0.586. The molecule has 0 atom stereocenters. The van der Waals surface area contributed by atoms with E-state index in [1.807, 2.05) is 25.1 Å². The number of anilines is 4. The van der Waals surface area contributed by atoms with Gasteiger partial charge in [0.2, 0.25) is 5.95 Å². The van der Waals surface area contributed by atoms with E-state index in [4.69, 9.17) is 0 Å². The van der Waals surface area contributed by atoms with Crippen LogP contribution in [0.15, 0.2) is 53.1 Å². The summed E-state index contributed by atoms with van der Waals surface area (Å²) in [5, 5.41) is 5.92. The molecule has 0 aliphatic heterocycles. The zero-order valence-corrected chi connectivity index (χ0v) is 14.2. The molecule has 1 aromatic heterocycles. The first-order valence-corrected chi connectivity index (χ1v) is 7.89. The molecule has 0 unspecified atom stereocenters. The topological polar surface area (TPSA) is 49.8 Å². The smallest absolute Gasteiger partial charge is 0.229 e. The summed E-state index contributed by atoms with van der Waals surface area (Å²) >= 11 is 3.42. The number of nitrogens with zero attached hydrogens (tertiary/aromatic N) is 2. The van der Waals surface area contributed by atoms with Gasteiger partial charge in [-0.05, 0) is 48.9 Å². The Morgan fingerprint density at radius 3 is 2.50 bits per heavy atom. The normalized spacial score (nSPS) is 10.5. The minimum Gasteiger partial charge on any atom is -0.340 e. The van der Waals surface area contributed by atoms with Crippen LogP contribution in [0.2, 0.25) is 0 Å². The Kier molecular flexibility index (Phi) is 4.71. The van der Waals surface area contributed by atoms with E-state index in [2.05, 4.69) is 36.5 Å². The van der Waals surface area contributed by atoms with E-state index < -0.39 is 11.6 Å². The number of aryl methyl sites for hydroxylation is 1. The van der Waals surface area contributed by atoms with Gasteiger partial charge in [-0.3, -0.25) is 0 Å². The van der Waals surface area contributed by atoms with E-state index in [0.29, 0.717) is 5.82 Å². The van der Waals surface area contributed by atoms with Crippen LogP contribution in [0.3, 0.4) is 0 Å². The molecule has 2 N–H and O–H groups in total. The highest BCUT2D eigenvalue weighted by Crippen LogP contribution is 2.24. The molecule has 24 heavy (non-hydrogen) atoms. The fourth-order valence-corrected chi connectivity index (χ4v) is 2.58. The summed E-state index contributed by atoms with van der Waals surface area (Å²) in [5.41, 5.74) is 2.05. The van der Waals surface area contributed by atoms with E-state index in [1.54, 1.807) is 12.3 Å². The molecule has 0 fully saturated rings. The Bertz CT molecular complexity index is 817. The molecular formula is C17H13BrF2N4. The molecule has 4 nitrogen and oxygen atoms in total. The summed E-state index contributed by atoms with van der Waals surface area (Å²) in [6.07, 6.45) is 1.55. The predicted octanol–water partition coefficient (Wildman–Crippen LogP) is 5.31. The second-order valence-corrected chi connectivity index (χ2v) is 6.01. The number of hydrogen-bond acceptors (Lipinski definition) is 4. The molecule has 0 amide bonds. The highest BCUT2D eigenvalue weighted by molar-refractivity contribution is 9.10. The van der Waals surface area contributed by atoms with Crippen molar-refractivity contribution in [2.75, 3.05) is 10.6 Å². The molecule has 0 spiro atoms. The maximum atomic E-state index is 13.7. The van der Waals surface area contributed by atoms with E-state index in [9.17, 15) is 8.78 Å². The number of aromatic nitrogens is 2. The van der Waals surface area contributed by atoms with Crippen LogP contribution in [0.25, 0.3) is 0 Å². The molecule has 0 aliphatic carbocycles. The Morgan fingerprint density at radius 2 is 1.75 bits per heavy atom. The average Bonchev–Trinajstić information content (AvgIpc) is 2.53.